The smallest absolute Gasteiger partial charge is 0.416 e. The summed E-state index contributed by atoms with van der Waals surface area (Å²) in [4.78, 5) is 14.9. The first-order valence-corrected chi connectivity index (χ1v) is 11.4. The minimum absolute atomic E-state index is 0.255. The molecule has 0 bridgehead atoms. The number of aromatic nitrogens is 1. The maximum Gasteiger partial charge on any atom is 0.416 e. The molecule has 0 atom stereocenters. The minimum atomic E-state index is -4.40. The predicted octanol–water partition coefficient (Wildman–Crippen LogP) is 6.80. The van der Waals surface area contributed by atoms with E-state index in [9.17, 15) is 18.0 Å². The number of carbonyl (C=O) groups excluding carboxylic acids is 1. The molecule has 4 rings (SSSR count). The van der Waals surface area contributed by atoms with Gasteiger partial charge in [-0.05, 0) is 59.7 Å². The largest absolute Gasteiger partial charge is 0.497 e. The Hall–Kier alpha value is -4.20. The zero-order valence-corrected chi connectivity index (χ0v) is 19.7. The highest BCUT2D eigenvalue weighted by Crippen LogP contribution is 2.30. The van der Waals surface area contributed by atoms with Crippen LogP contribution in [0, 0.1) is 0 Å². The Morgan fingerprint density at radius 2 is 1.61 bits per heavy atom. The summed E-state index contributed by atoms with van der Waals surface area (Å²) in [5.74, 6) is 0.682. The third kappa shape index (κ3) is 6.47. The third-order valence-electron chi connectivity index (χ3n) is 5.73. The van der Waals surface area contributed by atoms with Gasteiger partial charge in [-0.3, -0.25) is 0 Å². The van der Waals surface area contributed by atoms with Gasteiger partial charge in [-0.1, -0.05) is 42.5 Å². The zero-order valence-electron chi connectivity index (χ0n) is 19.7. The molecule has 2 amide bonds. The number of urea groups is 1. The summed E-state index contributed by atoms with van der Waals surface area (Å²) < 4.78 is 46.5. The van der Waals surface area contributed by atoms with E-state index >= 15 is 0 Å². The van der Waals surface area contributed by atoms with Gasteiger partial charge in [-0.2, -0.15) is 13.2 Å². The first-order valence-electron chi connectivity index (χ1n) is 11.4. The quantitative estimate of drug-likeness (QED) is 0.294. The van der Waals surface area contributed by atoms with Gasteiger partial charge in [-0.25, -0.2) is 4.79 Å². The monoisotopic (exact) mass is 493 g/mol. The van der Waals surface area contributed by atoms with Crippen LogP contribution in [-0.2, 0) is 25.8 Å². The van der Waals surface area contributed by atoms with Crippen molar-refractivity contribution in [3.63, 3.8) is 0 Å². The lowest BCUT2D eigenvalue weighted by Gasteiger charge is -2.24. The van der Waals surface area contributed by atoms with Crippen LogP contribution in [0.4, 0.5) is 23.7 Å². The molecular formula is C28H26F3N3O2. The van der Waals surface area contributed by atoms with E-state index in [1.165, 1.54) is 6.07 Å². The number of benzene rings is 3. The first kappa shape index (κ1) is 24.9. The van der Waals surface area contributed by atoms with Crippen molar-refractivity contribution in [3.8, 4) is 5.75 Å². The van der Waals surface area contributed by atoms with Crippen LogP contribution in [0.5, 0.6) is 5.75 Å². The molecule has 0 spiro atoms. The normalized spacial score (nSPS) is 11.2. The number of hydrogen-bond acceptors (Lipinski definition) is 2. The number of anilines is 1. The Morgan fingerprint density at radius 1 is 0.889 bits per heavy atom. The predicted molar refractivity (Wildman–Crippen MR) is 133 cm³/mol. The van der Waals surface area contributed by atoms with Gasteiger partial charge in [0.05, 0.1) is 19.2 Å². The van der Waals surface area contributed by atoms with E-state index in [1.807, 2.05) is 47.0 Å². The molecule has 8 heteroatoms. The molecule has 1 heterocycles. The molecule has 5 nitrogen and oxygen atoms in total. The Balaban J connectivity index is 1.54. The fourth-order valence-electron chi connectivity index (χ4n) is 3.87. The molecule has 0 radical (unpaired) electrons. The number of carbonyl (C=O) groups is 1. The van der Waals surface area contributed by atoms with E-state index < -0.39 is 11.7 Å². The van der Waals surface area contributed by atoms with E-state index in [1.54, 1.807) is 48.5 Å². The van der Waals surface area contributed by atoms with Crippen molar-refractivity contribution in [2.24, 2.45) is 0 Å². The number of amides is 2. The van der Waals surface area contributed by atoms with Crippen molar-refractivity contribution in [2.75, 3.05) is 12.4 Å². The standard InChI is InChI=1S/C28H26F3N3O2/c1-36-26-14-12-24(13-15-26)32-27(35)34(18-21-7-3-2-4-8-21)20-25-11-6-16-33(25)19-22-9-5-10-23(17-22)28(29,30)31/h2-17H,18-20H2,1H3,(H,32,35). The molecule has 0 saturated heterocycles. The van der Waals surface area contributed by atoms with E-state index in [0.29, 0.717) is 23.5 Å². The van der Waals surface area contributed by atoms with Crippen LogP contribution >= 0.6 is 0 Å². The maximum absolute atomic E-state index is 13.3. The number of hydrogen-bond donors (Lipinski definition) is 1. The molecule has 3 aromatic carbocycles. The van der Waals surface area contributed by atoms with Gasteiger partial charge >= 0.3 is 12.2 Å². The Labute approximate surface area is 207 Å². The van der Waals surface area contributed by atoms with E-state index in [0.717, 1.165) is 23.4 Å². The van der Waals surface area contributed by atoms with Crippen molar-refractivity contribution >= 4 is 11.7 Å². The van der Waals surface area contributed by atoms with Crippen molar-refractivity contribution < 1.29 is 22.7 Å². The van der Waals surface area contributed by atoms with Gasteiger partial charge in [0.2, 0.25) is 0 Å². The average Bonchev–Trinajstić information content (AvgIpc) is 3.30. The highest BCUT2D eigenvalue weighted by atomic mass is 19.4. The maximum atomic E-state index is 13.3. The summed E-state index contributed by atoms with van der Waals surface area (Å²) in [6.45, 7) is 0.881. The molecule has 186 valence electrons. The topological polar surface area (TPSA) is 46.5 Å². The van der Waals surface area contributed by atoms with Gasteiger partial charge in [0.15, 0.2) is 0 Å². The highest BCUT2D eigenvalue weighted by Gasteiger charge is 2.30. The molecular weight excluding hydrogens is 467 g/mol. The van der Waals surface area contributed by atoms with Crippen LogP contribution in [-0.4, -0.2) is 22.6 Å². The van der Waals surface area contributed by atoms with Crippen molar-refractivity contribution in [1.82, 2.24) is 9.47 Å². The number of methoxy groups -OCH3 is 1. The van der Waals surface area contributed by atoms with Crippen LogP contribution < -0.4 is 10.1 Å². The molecule has 0 saturated carbocycles. The fraction of sp³-hybridized carbons (Fsp3) is 0.179. The summed E-state index contributed by atoms with van der Waals surface area (Å²) in [5, 5.41) is 2.92. The average molecular weight is 494 g/mol. The van der Waals surface area contributed by atoms with Crippen LogP contribution in [0.2, 0.25) is 0 Å². The van der Waals surface area contributed by atoms with Gasteiger partial charge in [0.1, 0.15) is 5.75 Å². The molecule has 4 aromatic rings. The van der Waals surface area contributed by atoms with Gasteiger partial charge in [-0.15, -0.1) is 0 Å². The van der Waals surface area contributed by atoms with Gasteiger partial charge < -0.3 is 19.5 Å². The number of halogens is 3. The van der Waals surface area contributed by atoms with E-state index in [-0.39, 0.29) is 19.1 Å². The molecule has 0 aliphatic carbocycles. The summed E-state index contributed by atoms with van der Waals surface area (Å²) in [6, 6.07) is 25.3. The van der Waals surface area contributed by atoms with Crippen LogP contribution in [0.1, 0.15) is 22.4 Å². The second-order valence-corrected chi connectivity index (χ2v) is 8.33. The number of rotatable bonds is 8. The molecule has 0 unspecified atom stereocenters. The lowest BCUT2D eigenvalue weighted by molar-refractivity contribution is -0.137. The summed E-state index contributed by atoms with van der Waals surface area (Å²) in [6.07, 6.45) is -2.60. The lowest BCUT2D eigenvalue weighted by Crippen LogP contribution is -2.34. The lowest BCUT2D eigenvalue weighted by atomic mass is 10.1. The fourth-order valence-corrected chi connectivity index (χ4v) is 3.87. The van der Waals surface area contributed by atoms with Gasteiger partial charge in [0.25, 0.3) is 0 Å². The molecule has 0 aliphatic rings. The number of alkyl halides is 3. The zero-order chi connectivity index (χ0) is 25.5. The Kier molecular flexibility index (Phi) is 7.63. The van der Waals surface area contributed by atoms with Crippen molar-refractivity contribution in [3.05, 3.63) is 120 Å². The molecule has 0 aliphatic heterocycles. The molecule has 1 N–H and O–H groups in total. The summed E-state index contributed by atoms with van der Waals surface area (Å²) in [7, 11) is 1.57. The first-order chi connectivity index (χ1) is 17.3. The minimum Gasteiger partial charge on any atom is -0.497 e. The van der Waals surface area contributed by atoms with Crippen molar-refractivity contribution in [2.45, 2.75) is 25.8 Å². The third-order valence-corrected chi connectivity index (χ3v) is 5.73. The second-order valence-electron chi connectivity index (χ2n) is 8.33. The summed E-state index contributed by atoms with van der Waals surface area (Å²) in [5.41, 5.74) is 2.22. The molecule has 1 aromatic heterocycles. The van der Waals surface area contributed by atoms with Crippen LogP contribution in [0.15, 0.2) is 97.2 Å². The highest BCUT2D eigenvalue weighted by molar-refractivity contribution is 5.89. The summed E-state index contributed by atoms with van der Waals surface area (Å²) >= 11 is 0. The van der Waals surface area contributed by atoms with Crippen LogP contribution in [0.25, 0.3) is 0 Å². The van der Waals surface area contributed by atoms with Crippen LogP contribution in [0.3, 0.4) is 0 Å². The number of ether oxygens (including phenoxy) is 1. The molecule has 0 fully saturated rings. The van der Waals surface area contributed by atoms with Crippen molar-refractivity contribution in [1.29, 1.82) is 0 Å². The number of nitrogens with one attached hydrogen (secondary N) is 1. The second kappa shape index (κ2) is 11.0. The number of nitrogens with zero attached hydrogens (tertiary/aromatic N) is 2. The Bertz CT molecular complexity index is 1290. The van der Waals surface area contributed by atoms with E-state index in [2.05, 4.69) is 5.32 Å². The van der Waals surface area contributed by atoms with E-state index in [4.69, 9.17) is 4.74 Å². The van der Waals surface area contributed by atoms with Gasteiger partial charge in [0, 0.05) is 30.7 Å². The SMILES string of the molecule is COc1ccc(NC(=O)N(Cc2ccccc2)Cc2cccn2Cc2cccc(C(F)(F)F)c2)cc1. The molecule has 36 heavy (non-hydrogen) atoms. The Morgan fingerprint density at radius 3 is 2.31 bits per heavy atom.